The number of carbonyl (C=O) groups excluding carboxylic acids is 1. The van der Waals surface area contributed by atoms with Crippen molar-refractivity contribution in [3.05, 3.63) is 71.8 Å². The van der Waals surface area contributed by atoms with Gasteiger partial charge in [0.1, 0.15) is 0 Å². The topological polar surface area (TPSA) is 66.4 Å². The SMILES string of the molecule is C=CC(=O)Nc1c(/C=C/C(=O)O)ccc(C(F)(F)F)c1-c1ccc(C(F)(F)F)cc1. The molecule has 0 aliphatic carbocycles. The van der Waals surface area contributed by atoms with Gasteiger partial charge in [-0.2, -0.15) is 26.3 Å². The van der Waals surface area contributed by atoms with Crippen molar-refractivity contribution in [3.63, 3.8) is 0 Å². The van der Waals surface area contributed by atoms with Crippen molar-refractivity contribution < 1.29 is 41.0 Å². The number of halogens is 6. The quantitative estimate of drug-likeness (QED) is 0.479. The van der Waals surface area contributed by atoms with Crippen molar-refractivity contribution in [2.24, 2.45) is 0 Å². The molecule has 2 rings (SSSR count). The Balaban J connectivity index is 2.84. The van der Waals surface area contributed by atoms with E-state index in [0.29, 0.717) is 24.3 Å². The van der Waals surface area contributed by atoms with E-state index in [1.807, 2.05) is 0 Å². The number of hydrogen-bond acceptors (Lipinski definition) is 2. The minimum Gasteiger partial charge on any atom is -0.478 e. The number of carboxylic acids is 1. The average molecular weight is 429 g/mol. The summed E-state index contributed by atoms with van der Waals surface area (Å²) >= 11 is 0. The molecular formula is C20H13F6NO3. The number of benzene rings is 2. The lowest BCUT2D eigenvalue weighted by Gasteiger charge is -2.20. The molecule has 0 aliphatic heterocycles. The summed E-state index contributed by atoms with van der Waals surface area (Å²) in [4.78, 5) is 22.6. The van der Waals surface area contributed by atoms with E-state index in [-0.39, 0.29) is 11.1 Å². The predicted octanol–water partition coefficient (Wildman–Crippen LogP) is 5.61. The Bertz CT molecular complexity index is 1000. The highest BCUT2D eigenvalue weighted by molar-refractivity contribution is 6.05. The van der Waals surface area contributed by atoms with Gasteiger partial charge in [-0.05, 0) is 41.5 Å². The zero-order chi connectivity index (χ0) is 22.7. The van der Waals surface area contributed by atoms with E-state index in [9.17, 15) is 35.9 Å². The number of carbonyl (C=O) groups is 2. The molecule has 0 radical (unpaired) electrons. The highest BCUT2D eigenvalue weighted by Gasteiger charge is 2.36. The van der Waals surface area contributed by atoms with Crippen molar-refractivity contribution in [2.45, 2.75) is 12.4 Å². The minimum absolute atomic E-state index is 0.101. The Morgan fingerprint density at radius 3 is 2.00 bits per heavy atom. The molecule has 2 aromatic rings. The minimum atomic E-state index is -4.92. The van der Waals surface area contributed by atoms with Crippen molar-refractivity contribution in [1.82, 2.24) is 0 Å². The highest BCUT2D eigenvalue weighted by Crippen LogP contribution is 2.43. The molecular weight excluding hydrogens is 416 g/mol. The normalized spacial score (nSPS) is 12.1. The van der Waals surface area contributed by atoms with Gasteiger partial charge in [-0.15, -0.1) is 0 Å². The molecule has 2 N–H and O–H groups in total. The number of nitrogens with one attached hydrogen (secondary N) is 1. The summed E-state index contributed by atoms with van der Waals surface area (Å²) in [5.74, 6) is -2.29. The van der Waals surface area contributed by atoms with E-state index in [2.05, 4.69) is 11.9 Å². The van der Waals surface area contributed by atoms with Crippen LogP contribution in [0.25, 0.3) is 17.2 Å². The summed E-state index contributed by atoms with van der Waals surface area (Å²) in [6, 6.07) is 4.47. The van der Waals surface area contributed by atoms with Gasteiger partial charge in [0.25, 0.3) is 0 Å². The summed E-state index contributed by atoms with van der Waals surface area (Å²) < 4.78 is 79.3. The van der Waals surface area contributed by atoms with Crippen LogP contribution in [0, 0.1) is 0 Å². The molecule has 0 fully saturated rings. The monoisotopic (exact) mass is 429 g/mol. The molecule has 0 saturated heterocycles. The van der Waals surface area contributed by atoms with Crippen LogP contribution in [0.5, 0.6) is 0 Å². The molecule has 158 valence electrons. The maximum Gasteiger partial charge on any atom is 0.417 e. The van der Waals surface area contributed by atoms with Crippen LogP contribution in [0.1, 0.15) is 16.7 Å². The molecule has 10 heteroatoms. The first-order valence-electron chi connectivity index (χ1n) is 8.11. The second-order valence-corrected chi connectivity index (χ2v) is 5.89. The lowest BCUT2D eigenvalue weighted by molar-refractivity contribution is -0.138. The maximum absolute atomic E-state index is 13.6. The Labute approximate surface area is 166 Å². The van der Waals surface area contributed by atoms with Gasteiger partial charge in [0, 0.05) is 11.6 Å². The van der Waals surface area contributed by atoms with Crippen LogP contribution in [0.15, 0.2) is 55.1 Å². The third-order valence-corrected chi connectivity index (χ3v) is 3.88. The fourth-order valence-corrected chi connectivity index (χ4v) is 2.59. The number of hydrogen-bond donors (Lipinski definition) is 2. The molecule has 0 heterocycles. The number of carboxylic acid groups (broad SMARTS) is 1. The third kappa shape index (κ3) is 5.28. The van der Waals surface area contributed by atoms with Crippen molar-refractivity contribution in [1.29, 1.82) is 0 Å². The number of anilines is 1. The van der Waals surface area contributed by atoms with Gasteiger partial charge in [-0.3, -0.25) is 4.79 Å². The molecule has 30 heavy (non-hydrogen) atoms. The molecule has 1 amide bonds. The van der Waals surface area contributed by atoms with E-state index < -0.39 is 46.6 Å². The van der Waals surface area contributed by atoms with Crippen LogP contribution in [0.3, 0.4) is 0 Å². The highest BCUT2D eigenvalue weighted by atomic mass is 19.4. The third-order valence-electron chi connectivity index (χ3n) is 3.88. The van der Waals surface area contributed by atoms with Crippen LogP contribution >= 0.6 is 0 Å². The number of alkyl halides is 6. The lowest BCUT2D eigenvalue weighted by atomic mass is 9.93. The molecule has 2 aromatic carbocycles. The Kier molecular flexibility index (Phi) is 6.39. The van der Waals surface area contributed by atoms with E-state index in [4.69, 9.17) is 5.11 Å². The first-order chi connectivity index (χ1) is 13.8. The zero-order valence-electron chi connectivity index (χ0n) is 14.9. The van der Waals surface area contributed by atoms with Crippen LogP contribution < -0.4 is 5.32 Å². The predicted molar refractivity (Wildman–Crippen MR) is 97.4 cm³/mol. The van der Waals surface area contributed by atoms with Crippen LogP contribution in [0.2, 0.25) is 0 Å². The molecule has 0 atom stereocenters. The molecule has 0 spiro atoms. The van der Waals surface area contributed by atoms with Gasteiger partial charge >= 0.3 is 18.3 Å². The van der Waals surface area contributed by atoms with Gasteiger partial charge in [-0.1, -0.05) is 24.8 Å². The Morgan fingerprint density at radius 2 is 1.53 bits per heavy atom. The van der Waals surface area contributed by atoms with E-state index in [1.54, 1.807) is 0 Å². The first-order valence-corrected chi connectivity index (χ1v) is 8.11. The summed E-state index contributed by atoms with van der Waals surface area (Å²) in [5, 5.41) is 11.0. The summed E-state index contributed by atoms with van der Waals surface area (Å²) in [7, 11) is 0. The van der Waals surface area contributed by atoms with Gasteiger partial charge < -0.3 is 10.4 Å². The fraction of sp³-hybridized carbons (Fsp3) is 0.100. The van der Waals surface area contributed by atoms with E-state index in [1.165, 1.54) is 0 Å². The molecule has 4 nitrogen and oxygen atoms in total. The zero-order valence-corrected chi connectivity index (χ0v) is 14.9. The van der Waals surface area contributed by atoms with Gasteiger partial charge in [0.15, 0.2) is 0 Å². The van der Waals surface area contributed by atoms with Crippen molar-refractivity contribution >= 4 is 23.6 Å². The molecule has 0 unspecified atom stereocenters. The van der Waals surface area contributed by atoms with Crippen LogP contribution in [-0.4, -0.2) is 17.0 Å². The molecule has 0 bridgehead atoms. The summed E-state index contributed by atoms with van der Waals surface area (Å²) in [6.07, 6.45) is -7.24. The second kappa shape index (κ2) is 8.44. The fourth-order valence-electron chi connectivity index (χ4n) is 2.59. The standard InChI is InChI=1S/C20H13F6NO3/c1-2-15(28)27-18-12(6-10-16(29)30)5-9-14(20(24,25)26)17(18)11-3-7-13(8-4-11)19(21,22)23/h2-10H,1H2,(H,27,28)(H,29,30)/b10-6+. The van der Waals surface area contributed by atoms with Gasteiger partial charge in [0.05, 0.1) is 16.8 Å². The number of amides is 1. The largest absolute Gasteiger partial charge is 0.478 e. The number of aliphatic carboxylic acids is 1. The second-order valence-electron chi connectivity index (χ2n) is 5.89. The summed E-state index contributed by atoms with van der Waals surface area (Å²) in [5.41, 5.74) is -3.70. The number of rotatable bonds is 5. The van der Waals surface area contributed by atoms with Crippen molar-refractivity contribution in [2.75, 3.05) is 5.32 Å². The molecule has 0 aliphatic rings. The Morgan fingerprint density at radius 1 is 0.933 bits per heavy atom. The first kappa shape index (κ1) is 22.7. The van der Waals surface area contributed by atoms with Crippen LogP contribution in [-0.2, 0) is 21.9 Å². The van der Waals surface area contributed by atoms with E-state index >= 15 is 0 Å². The molecule has 0 aromatic heterocycles. The Hall–Kier alpha value is -3.56. The van der Waals surface area contributed by atoms with E-state index in [0.717, 1.165) is 30.4 Å². The van der Waals surface area contributed by atoms with Crippen molar-refractivity contribution in [3.8, 4) is 11.1 Å². The van der Waals surface area contributed by atoms with Gasteiger partial charge in [-0.25, -0.2) is 4.79 Å². The molecule has 0 saturated carbocycles. The van der Waals surface area contributed by atoms with Crippen LogP contribution in [0.4, 0.5) is 32.0 Å². The maximum atomic E-state index is 13.6. The smallest absolute Gasteiger partial charge is 0.417 e. The lowest BCUT2D eigenvalue weighted by Crippen LogP contribution is -2.14. The average Bonchev–Trinajstić information content (AvgIpc) is 2.65. The van der Waals surface area contributed by atoms with Gasteiger partial charge in [0.2, 0.25) is 5.91 Å². The summed E-state index contributed by atoms with van der Waals surface area (Å²) in [6.45, 7) is 3.20.